The maximum absolute atomic E-state index is 13.1. The van der Waals surface area contributed by atoms with Gasteiger partial charge < -0.3 is 19.1 Å². The van der Waals surface area contributed by atoms with Crippen LogP contribution in [0, 0.1) is 0 Å². The lowest BCUT2D eigenvalue weighted by Gasteiger charge is -2.27. The first kappa shape index (κ1) is 18.9. The molecule has 1 aliphatic rings. The Morgan fingerprint density at radius 3 is 2.59 bits per heavy atom. The van der Waals surface area contributed by atoms with Crippen molar-refractivity contribution in [3.05, 3.63) is 53.6 Å². The van der Waals surface area contributed by atoms with Crippen LogP contribution in [0.5, 0.6) is 17.2 Å². The van der Waals surface area contributed by atoms with Crippen LogP contribution in [0.1, 0.15) is 34.8 Å². The first-order valence-corrected chi connectivity index (χ1v) is 8.62. The molecule has 0 saturated carbocycles. The summed E-state index contributed by atoms with van der Waals surface area (Å²) in [6, 6.07) is 11.2. The molecule has 7 heteroatoms. The summed E-state index contributed by atoms with van der Waals surface area (Å²) in [5, 5.41) is 0. The zero-order valence-corrected chi connectivity index (χ0v) is 15.2. The van der Waals surface area contributed by atoms with E-state index in [4.69, 9.17) is 9.47 Å². The fourth-order valence-corrected chi connectivity index (χ4v) is 3.43. The molecule has 0 radical (unpaired) electrons. The van der Waals surface area contributed by atoms with Crippen molar-refractivity contribution in [1.82, 2.24) is 4.90 Å². The molecule has 1 atom stereocenters. The van der Waals surface area contributed by atoms with Crippen LogP contribution in [-0.2, 0) is 0 Å². The molecule has 0 N–H and O–H groups in total. The van der Waals surface area contributed by atoms with Gasteiger partial charge in [0, 0.05) is 12.1 Å². The Hall–Kier alpha value is -2.83. The van der Waals surface area contributed by atoms with Crippen LogP contribution in [0.2, 0.25) is 0 Å². The van der Waals surface area contributed by atoms with Crippen LogP contribution < -0.4 is 14.2 Å². The molecule has 0 unspecified atom stereocenters. The van der Waals surface area contributed by atoms with Gasteiger partial charge in [-0.15, -0.1) is 0 Å². The van der Waals surface area contributed by atoms with Crippen molar-refractivity contribution in [3.8, 4) is 17.2 Å². The Balaban J connectivity index is 1.95. The average Bonchev–Trinajstić information content (AvgIpc) is 3.16. The number of halogens is 2. The fourth-order valence-electron chi connectivity index (χ4n) is 3.43. The molecule has 0 aliphatic carbocycles. The van der Waals surface area contributed by atoms with E-state index in [-0.39, 0.29) is 23.3 Å². The number of amides is 1. The van der Waals surface area contributed by atoms with Crippen molar-refractivity contribution in [3.63, 3.8) is 0 Å². The van der Waals surface area contributed by atoms with Crippen molar-refractivity contribution in [2.24, 2.45) is 0 Å². The average molecular weight is 377 g/mol. The number of carbonyl (C=O) groups is 1. The molecule has 2 aromatic carbocycles. The van der Waals surface area contributed by atoms with Gasteiger partial charge in [0.05, 0.1) is 25.8 Å². The van der Waals surface area contributed by atoms with Gasteiger partial charge in [0.2, 0.25) is 0 Å². The van der Waals surface area contributed by atoms with Crippen LogP contribution in [0.25, 0.3) is 0 Å². The number of alkyl halides is 2. The molecule has 27 heavy (non-hydrogen) atoms. The first-order valence-electron chi connectivity index (χ1n) is 8.62. The Bertz CT molecular complexity index is 812. The number of benzene rings is 2. The molecule has 1 aliphatic heterocycles. The predicted molar refractivity (Wildman–Crippen MR) is 95.6 cm³/mol. The summed E-state index contributed by atoms with van der Waals surface area (Å²) in [5.41, 5.74) is 0.946. The van der Waals surface area contributed by atoms with Crippen molar-refractivity contribution >= 4 is 5.91 Å². The number of nitrogens with zero attached hydrogens (tertiary/aromatic N) is 1. The van der Waals surface area contributed by atoms with E-state index in [1.54, 1.807) is 43.4 Å². The van der Waals surface area contributed by atoms with Crippen molar-refractivity contribution in [2.75, 3.05) is 20.8 Å². The van der Waals surface area contributed by atoms with E-state index in [0.29, 0.717) is 18.0 Å². The van der Waals surface area contributed by atoms with E-state index in [9.17, 15) is 13.6 Å². The highest BCUT2D eigenvalue weighted by molar-refractivity contribution is 5.97. The molecule has 1 heterocycles. The Labute approximate surface area is 156 Å². The van der Waals surface area contributed by atoms with Gasteiger partial charge in [-0.2, -0.15) is 8.78 Å². The summed E-state index contributed by atoms with van der Waals surface area (Å²) in [4.78, 5) is 14.8. The molecule has 5 nitrogen and oxygen atoms in total. The van der Waals surface area contributed by atoms with Gasteiger partial charge in [-0.1, -0.05) is 12.1 Å². The summed E-state index contributed by atoms with van der Waals surface area (Å²) in [6.45, 7) is -2.47. The minimum Gasteiger partial charge on any atom is -0.497 e. The largest absolute Gasteiger partial charge is 0.497 e. The van der Waals surface area contributed by atoms with E-state index in [1.165, 1.54) is 12.1 Å². The molecule has 3 rings (SSSR count). The highest BCUT2D eigenvalue weighted by Gasteiger charge is 2.34. The molecule has 0 bridgehead atoms. The number of rotatable bonds is 6. The molecule has 0 spiro atoms. The Morgan fingerprint density at radius 1 is 1.11 bits per heavy atom. The standard InChI is InChI=1S/C20H21F2NO4/c1-25-13-9-10-17(26-2)15(12-13)16-7-5-11-23(16)19(24)14-6-3-4-8-18(14)27-20(21)22/h3-4,6,8-10,12,16,20H,5,7,11H2,1-2H3/t16-/m1/s1. The number of hydrogen-bond acceptors (Lipinski definition) is 4. The topological polar surface area (TPSA) is 48.0 Å². The second-order valence-corrected chi connectivity index (χ2v) is 6.14. The number of likely N-dealkylation sites (tertiary alicyclic amines) is 1. The molecule has 0 aromatic heterocycles. The number of carbonyl (C=O) groups excluding carboxylic acids is 1. The van der Waals surface area contributed by atoms with E-state index in [1.807, 2.05) is 6.07 Å². The quantitative estimate of drug-likeness (QED) is 0.754. The summed E-state index contributed by atoms with van der Waals surface area (Å²) in [5.74, 6) is 0.837. The van der Waals surface area contributed by atoms with E-state index < -0.39 is 6.61 Å². The highest BCUT2D eigenvalue weighted by atomic mass is 19.3. The van der Waals surface area contributed by atoms with Gasteiger partial charge in [0.25, 0.3) is 5.91 Å². The van der Waals surface area contributed by atoms with E-state index >= 15 is 0 Å². The van der Waals surface area contributed by atoms with Gasteiger partial charge >= 0.3 is 6.61 Å². The van der Waals surface area contributed by atoms with Gasteiger partial charge in [-0.3, -0.25) is 4.79 Å². The van der Waals surface area contributed by atoms with E-state index in [0.717, 1.165) is 18.4 Å². The maximum atomic E-state index is 13.1. The second kappa shape index (κ2) is 8.24. The smallest absolute Gasteiger partial charge is 0.387 e. The SMILES string of the molecule is COc1ccc(OC)c([C@H]2CCCN2C(=O)c2ccccc2OC(F)F)c1. The molecule has 1 amide bonds. The minimum atomic E-state index is -2.99. The number of para-hydroxylation sites is 1. The normalized spacial score (nSPS) is 16.5. The summed E-state index contributed by atoms with van der Waals surface area (Å²) in [7, 11) is 3.14. The monoisotopic (exact) mass is 377 g/mol. The van der Waals surface area contributed by atoms with Crippen LogP contribution in [-0.4, -0.2) is 38.2 Å². The second-order valence-electron chi connectivity index (χ2n) is 6.14. The highest BCUT2D eigenvalue weighted by Crippen LogP contribution is 2.40. The van der Waals surface area contributed by atoms with Gasteiger partial charge in [-0.25, -0.2) is 0 Å². The summed E-state index contributed by atoms with van der Waals surface area (Å²) < 4.78 is 40.6. The number of methoxy groups -OCH3 is 2. The minimum absolute atomic E-state index is 0.117. The Kier molecular flexibility index (Phi) is 5.78. The van der Waals surface area contributed by atoms with Crippen molar-refractivity contribution in [1.29, 1.82) is 0 Å². The van der Waals surface area contributed by atoms with Crippen LogP contribution in [0.3, 0.4) is 0 Å². The van der Waals surface area contributed by atoms with Gasteiger partial charge in [-0.05, 0) is 43.2 Å². The fraction of sp³-hybridized carbons (Fsp3) is 0.350. The zero-order chi connectivity index (χ0) is 19.4. The first-order chi connectivity index (χ1) is 13.0. The van der Waals surface area contributed by atoms with Crippen LogP contribution >= 0.6 is 0 Å². The molecular weight excluding hydrogens is 356 g/mol. The summed E-state index contributed by atoms with van der Waals surface area (Å²) >= 11 is 0. The van der Waals surface area contributed by atoms with Crippen molar-refractivity contribution < 1.29 is 27.8 Å². The molecule has 1 fully saturated rings. The third-order valence-electron chi connectivity index (χ3n) is 4.64. The predicted octanol–water partition coefficient (Wildman–Crippen LogP) is 4.28. The third kappa shape index (κ3) is 3.97. The molecule has 2 aromatic rings. The third-order valence-corrected chi connectivity index (χ3v) is 4.64. The lowest BCUT2D eigenvalue weighted by molar-refractivity contribution is -0.0502. The number of hydrogen-bond donors (Lipinski definition) is 0. The van der Waals surface area contributed by atoms with E-state index in [2.05, 4.69) is 4.74 Å². The summed E-state index contributed by atoms with van der Waals surface area (Å²) in [6.07, 6.45) is 1.54. The van der Waals surface area contributed by atoms with Crippen LogP contribution in [0.15, 0.2) is 42.5 Å². The Morgan fingerprint density at radius 2 is 1.89 bits per heavy atom. The maximum Gasteiger partial charge on any atom is 0.387 e. The lowest BCUT2D eigenvalue weighted by Crippen LogP contribution is -2.31. The van der Waals surface area contributed by atoms with Crippen LogP contribution in [0.4, 0.5) is 8.78 Å². The number of ether oxygens (including phenoxy) is 3. The molecule has 144 valence electrons. The van der Waals surface area contributed by atoms with Crippen molar-refractivity contribution in [2.45, 2.75) is 25.5 Å². The molecular formula is C20H21F2NO4. The zero-order valence-electron chi connectivity index (χ0n) is 15.2. The van der Waals surface area contributed by atoms with Gasteiger partial charge in [0.15, 0.2) is 0 Å². The lowest BCUT2D eigenvalue weighted by atomic mass is 10.0. The molecule has 1 saturated heterocycles. The van der Waals surface area contributed by atoms with Gasteiger partial charge in [0.1, 0.15) is 17.2 Å².